The van der Waals surface area contributed by atoms with Crippen LogP contribution in [0.2, 0.25) is 0 Å². The summed E-state index contributed by atoms with van der Waals surface area (Å²) in [4.78, 5) is 4.05. The summed E-state index contributed by atoms with van der Waals surface area (Å²) in [6.07, 6.45) is 0. The highest BCUT2D eigenvalue weighted by Crippen LogP contribution is 2.10. The van der Waals surface area contributed by atoms with Crippen molar-refractivity contribution < 1.29 is 4.74 Å². The SMILES string of the molecule is CCOCc1nc(Br)ns1. The first kappa shape index (κ1) is 8.10. The molecule has 0 bridgehead atoms. The van der Waals surface area contributed by atoms with Gasteiger partial charge in [0.05, 0.1) is 0 Å². The van der Waals surface area contributed by atoms with Crippen molar-refractivity contribution in [3.05, 3.63) is 9.74 Å². The van der Waals surface area contributed by atoms with E-state index < -0.39 is 0 Å². The van der Waals surface area contributed by atoms with E-state index in [1.54, 1.807) is 0 Å². The smallest absolute Gasteiger partial charge is 0.209 e. The molecule has 0 fully saturated rings. The van der Waals surface area contributed by atoms with Gasteiger partial charge in [0, 0.05) is 6.61 Å². The van der Waals surface area contributed by atoms with Crippen molar-refractivity contribution in [2.24, 2.45) is 0 Å². The highest BCUT2D eigenvalue weighted by atomic mass is 79.9. The molecule has 0 aliphatic carbocycles. The Morgan fingerprint density at radius 3 is 3.00 bits per heavy atom. The van der Waals surface area contributed by atoms with Gasteiger partial charge in [-0.25, -0.2) is 4.98 Å². The molecule has 5 heteroatoms. The summed E-state index contributed by atoms with van der Waals surface area (Å²) >= 11 is 4.51. The standard InChI is InChI=1S/C5H7BrN2OS/c1-2-9-3-4-7-5(6)8-10-4/h2-3H2,1H3. The van der Waals surface area contributed by atoms with Crippen molar-refractivity contribution in [1.29, 1.82) is 0 Å². The largest absolute Gasteiger partial charge is 0.374 e. The molecule has 56 valence electrons. The van der Waals surface area contributed by atoms with Crippen LogP contribution in [0.1, 0.15) is 11.9 Å². The Hall–Kier alpha value is -0.0000000000000000278. The molecule has 1 aromatic rings. The molecule has 3 nitrogen and oxygen atoms in total. The fourth-order valence-corrected chi connectivity index (χ4v) is 1.52. The predicted molar refractivity (Wildman–Crippen MR) is 42.9 cm³/mol. The van der Waals surface area contributed by atoms with Gasteiger partial charge in [0.2, 0.25) is 4.73 Å². The van der Waals surface area contributed by atoms with Crippen LogP contribution in [-0.2, 0) is 11.3 Å². The molecule has 0 amide bonds. The molecule has 0 N–H and O–H groups in total. The number of rotatable bonds is 3. The zero-order chi connectivity index (χ0) is 7.40. The van der Waals surface area contributed by atoms with Gasteiger partial charge in [0.25, 0.3) is 0 Å². The third-order valence-electron chi connectivity index (χ3n) is 0.873. The van der Waals surface area contributed by atoms with Gasteiger partial charge in [0.15, 0.2) is 0 Å². The second-order valence-corrected chi connectivity index (χ2v) is 3.14. The Balaban J connectivity index is 2.42. The molecule has 10 heavy (non-hydrogen) atoms. The van der Waals surface area contributed by atoms with Crippen LogP contribution in [0.25, 0.3) is 0 Å². The molecule has 1 rings (SSSR count). The van der Waals surface area contributed by atoms with Crippen molar-refractivity contribution in [2.45, 2.75) is 13.5 Å². The lowest BCUT2D eigenvalue weighted by Gasteiger charge is -1.92. The number of hydrogen-bond donors (Lipinski definition) is 0. The highest BCUT2D eigenvalue weighted by Gasteiger charge is 1.98. The Bertz CT molecular complexity index is 203. The van der Waals surface area contributed by atoms with Gasteiger partial charge < -0.3 is 4.74 Å². The van der Waals surface area contributed by atoms with Crippen LogP contribution in [0.15, 0.2) is 4.73 Å². The first-order valence-electron chi connectivity index (χ1n) is 2.88. The van der Waals surface area contributed by atoms with E-state index in [1.165, 1.54) is 11.5 Å². The minimum absolute atomic E-state index is 0.569. The number of nitrogens with zero attached hydrogens (tertiary/aromatic N) is 2. The van der Waals surface area contributed by atoms with E-state index in [0.29, 0.717) is 11.3 Å². The van der Waals surface area contributed by atoms with Crippen LogP contribution in [0.5, 0.6) is 0 Å². The second kappa shape index (κ2) is 4.00. The molecular formula is C5H7BrN2OS. The summed E-state index contributed by atoms with van der Waals surface area (Å²) < 4.78 is 9.70. The first-order chi connectivity index (χ1) is 4.83. The van der Waals surface area contributed by atoms with Crippen LogP contribution in [0.4, 0.5) is 0 Å². The highest BCUT2D eigenvalue weighted by molar-refractivity contribution is 9.10. The van der Waals surface area contributed by atoms with E-state index in [4.69, 9.17) is 4.74 Å². The third-order valence-corrected chi connectivity index (χ3v) is 2.15. The third kappa shape index (κ3) is 2.32. The lowest BCUT2D eigenvalue weighted by Crippen LogP contribution is -1.89. The van der Waals surface area contributed by atoms with Crippen LogP contribution in [0, 0.1) is 0 Å². The normalized spacial score (nSPS) is 10.2. The fourth-order valence-electron chi connectivity index (χ4n) is 0.482. The lowest BCUT2D eigenvalue weighted by atomic mass is 10.7. The second-order valence-electron chi connectivity index (χ2n) is 1.59. The van der Waals surface area contributed by atoms with Crippen LogP contribution in [-0.4, -0.2) is 16.0 Å². The maximum atomic E-state index is 5.12. The van der Waals surface area contributed by atoms with Crippen molar-refractivity contribution in [3.63, 3.8) is 0 Å². The minimum Gasteiger partial charge on any atom is -0.374 e. The van der Waals surface area contributed by atoms with Gasteiger partial charge in [-0.1, -0.05) is 0 Å². The average molecular weight is 223 g/mol. The molecule has 1 aromatic heterocycles. The summed E-state index contributed by atoms with van der Waals surface area (Å²) in [7, 11) is 0. The summed E-state index contributed by atoms with van der Waals surface area (Å²) in [6, 6.07) is 0. The van der Waals surface area contributed by atoms with Crippen LogP contribution >= 0.6 is 27.5 Å². The fraction of sp³-hybridized carbons (Fsp3) is 0.600. The van der Waals surface area contributed by atoms with Gasteiger partial charge in [-0.2, -0.15) is 4.37 Å². The molecule has 0 aliphatic rings. The zero-order valence-corrected chi connectivity index (χ0v) is 7.91. The summed E-state index contributed by atoms with van der Waals surface area (Å²) in [5.41, 5.74) is 0. The minimum atomic E-state index is 0.569. The van der Waals surface area contributed by atoms with Crippen LogP contribution < -0.4 is 0 Å². The number of halogens is 1. The van der Waals surface area contributed by atoms with E-state index in [9.17, 15) is 0 Å². The van der Waals surface area contributed by atoms with E-state index >= 15 is 0 Å². The summed E-state index contributed by atoms with van der Waals surface area (Å²) in [6.45, 7) is 3.24. The Labute approximate surface area is 71.7 Å². The van der Waals surface area contributed by atoms with E-state index in [2.05, 4.69) is 25.3 Å². The number of ether oxygens (including phenoxy) is 1. The van der Waals surface area contributed by atoms with E-state index in [1.807, 2.05) is 6.92 Å². The zero-order valence-electron chi connectivity index (χ0n) is 5.50. The monoisotopic (exact) mass is 222 g/mol. The molecule has 0 aliphatic heterocycles. The first-order valence-corrected chi connectivity index (χ1v) is 4.45. The average Bonchev–Trinajstić information content (AvgIpc) is 2.31. The molecule has 1 heterocycles. The Kier molecular flexibility index (Phi) is 3.24. The topological polar surface area (TPSA) is 35.0 Å². The number of aromatic nitrogens is 2. The Morgan fingerprint density at radius 2 is 2.50 bits per heavy atom. The molecule has 0 radical (unpaired) electrons. The Morgan fingerprint density at radius 1 is 1.70 bits per heavy atom. The van der Waals surface area contributed by atoms with Gasteiger partial charge in [-0.05, 0) is 34.4 Å². The van der Waals surface area contributed by atoms with Gasteiger partial charge >= 0.3 is 0 Å². The summed E-state index contributed by atoms with van der Waals surface area (Å²) in [5.74, 6) is 0. The molecule has 0 saturated heterocycles. The van der Waals surface area contributed by atoms with Crippen molar-refractivity contribution in [2.75, 3.05) is 6.61 Å². The maximum absolute atomic E-state index is 5.12. The van der Waals surface area contributed by atoms with Crippen molar-refractivity contribution >= 4 is 27.5 Å². The quantitative estimate of drug-likeness (QED) is 0.784. The lowest BCUT2D eigenvalue weighted by molar-refractivity contribution is 0.134. The molecule has 0 atom stereocenters. The van der Waals surface area contributed by atoms with Gasteiger partial charge in [-0.15, -0.1) is 0 Å². The maximum Gasteiger partial charge on any atom is 0.209 e. The molecular weight excluding hydrogens is 216 g/mol. The number of hydrogen-bond acceptors (Lipinski definition) is 4. The van der Waals surface area contributed by atoms with Gasteiger partial charge in [-0.3, -0.25) is 0 Å². The summed E-state index contributed by atoms with van der Waals surface area (Å²) in [5, 5.41) is 0.911. The predicted octanol–water partition coefficient (Wildman–Crippen LogP) is 1.84. The van der Waals surface area contributed by atoms with Gasteiger partial charge in [0.1, 0.15) is 11.6 Å². The van der Waals surface area contributed by atoms with Crippen molar-refractivity contribution in [1.82, 2.24) is 9.36 Å². The van der Waals surface area contributed by atoms with Crippen LogP contribution in [0.3, 0.4) is 0 Å². The molecule has 0 unspecified atom stereocenters. The van der Waals surface area contributed by atoms with Crippen molar-refractivity contribution in [3.8, 4) is 0 Å². The molecule has 0 spiro atoms. The molecule has 0 saturated carbocycles. The van der Waals surface area contributed by atoms with E-state index in [0.717, 1.165) is 11.6 Å². The van der Waals surface area contributed by atoms with E-state index in [-0.39, 0.29) is 0 Å². The molecule has 0 aromatic carbocycles.